The van der Waals surface area contributed by atoms with E-state index in [0.717, 1.165) is 139 Å². The Hall–Kier alpha value is -4.20. The molecule has 0 aromatic heterocycles. The normalized spacial score (nSPS) is 27.3. The van der Waals surface area contributed by atoms with Crippen LogP contribution in [0.25, 0.3) is 11.1 Å². The standard InChI is InChI=1S/C27H42F2O.C27H44O2.C22H28O3/c1-4-5-6-7-8-20(3)30-27-25(28)17-24(18-26(27)29)23-15-13-22(14-16-23)21-11-9-19(2)10-12-21;1-4-5-6-7-8-18(2)22-13-14-27-24(22)15-16-25-23-12-10-21(29-19(3)28)17-20(23)9-11-26(25)27;1-4-5-6-7-8-17(2)25-22(23)20-11-9-18(10-12-20)19-13-15-21(24-3)16-14-19/h17-23H,4-16H2,1-3H3;9,18,21-27H,4-8,10-17H2,1-3H3;9-17H,4-8H2,1-3H3. The van der Waals surface area contributed by atoms with Crippen molar-refractivity contribution in [1.29, 1.82) is 0 Å². The molecule has 10 atom stereocenters. The van der Waals surface area contributed by atoms with E-state index in [4.69, 9.17) is 18.9 Å². The molecule has 0 bridgehead atoms. The highest BCUT2D eigenvalue weighted by Crippen LogP contribution is 2.59. The Kier molecular flexibility index (Phi) is 28.0. The van der Waals surface area contributed by atoms with Crippen molar-refractivity contribution in [2.75, 3.05) is 7.11 Å². The number of esters is 2. The quantitative estimate of drug-likeness (QED) is 0.0478. The molecule has 9 rings (SSSR count). The summed E-state index contributed by atoms with van der Waals surface area (Å²) in [6.07, 6.45) is 41.4. The van der Waals surface area contributed by atoms with Crippen molar-refractivity contribution in [2.45, 2.75) is 279 Å². The maximum absolute atomic E-state index is 14.7. The second-order valence-electron chi connectivity index (χ2n) is 27.5. The molecule has 8 heteroatoms. The maximum Gasteiger partial charge on any atom is 0.338 e. The minimum Gasteiger partial charge on any atom is -0.497 e. The first-order valence-corrected chi connectivity index (χ1v) is 34.7. The van der Waals surface area contributed by atoms with E-state index in [-0.39, 0.29) is 41.9 Å². The summed E-state index contributed by atoms with van der Waals surface area (Å²) in [4.78, 5) is 23.6. The molecule has 0 heterocycles. The molecule has 5 fully saturated rings. The molecule has 468 valence electrons. The SMILES string of the molecule is CCCCCCC(C)C1CCC2C1CCC1C3CCC(OC(C)=O)CC3=CCC12.CCCCCCC(C)OC(=O)c1ccc(-c2ccc(OC)cc2)cc1.CCCCCCC(C)Oc1c(F)cc(C2CCC(C3CCC(C)CC3)CC2)cc1F. The Balaban J connectivity index is 0.000000182. The Bertz CT molecular complexity index is 2390. The average Bonchev–Trinajstić information content (AvgIpc) is 3.30. The van der Waals surface area contributed by atoms with Gasteiger partial charge in [0.2, 0.25) is 0 Å². The number of methoxy groups -OCH3 is 1. The number of hydrogen-bond acceptors (Lipinski definition) is 6. The molecule has 6 aliphatic carbocycles. The first-order chi connectivity index (χ1) is 40.7. The van der Waals surface area contributed by atoms with E-state index in [1.54, 1.807) is 19.6 Å². The predicted molar refractivity (Wildman–Crippen MR) is 343 cm³/mol. The number of unbranched alkanes of at least 4 members (excludes halogenated alkanes) is 9. The van der Waals surface area contributed by atoms with Crippen molar-refractivity contribution in [3.05, 3.63) is 95.1 Å². The van der Waals surface area contributed by atoms with Crippen molar-refractivity contribution in [2.24, 2.45) is 59.2 Å². The van der Waals surface area contributed by atoms with E-state index in [0.29, 0.717) is 5.56 Å². The van der Waals surface area contributed by atoms with Crippen molar-refractivity contribution in [3.63, 3.8) is 0 Å². The third-order valence-electron chi connectivity index (χ3n) is 21.4. The molecule has 0 aliphatic heterocycles. The zero-order chi connectivity index (χ0) is 60.0. The molecule has 6 aliphatic rings. The number of fused-ring (bicyclic) bond motifs is 5. The zero-order valence-electron chi connectivity index (χ0n) is 54.1. The van der Waals surface area contributed by atoms with Crippen LogP contribution in [-0.2, 0) is 14.3 Å². The van der Waals surface area contributed by atoms with E-state index in [1.165, 1.54) is 153 Å². The summed E-state index contributed by atoms with van der Waals surface area (Å²) in [5, 5.41) is 0. The number of ether oxygens (including phenoxy) is 4. The van der Waals surface area contributed by atoms with Gasteiger partial charge in [0.25, 0.3) is 0 Å². The van der Waals surface area contributed by atoms with Gasteiger partial charge in [0.1, 0.15) is 11.9 Å². The van der Waals surface area contributed by atoms with Crippen LogP contribution in [-0.4, -0.2) is 37.4 Å². The average molecular weight is 1160 g/mol. The Morgan fingerprint density at radius 2 is 1.13 bits per heavy atom. The molecule has 0 radical (unpaired) electrons. The topological polar surface area (TPSA) is 71.1 Å². The molecule has 84 heavy (non-hydrogen) atoms. The summed E-state index contributed by atoms with van der Waals surface area (Å²) in [7, 11) is 1.65. The number of rotatable bonds is 25. The Morgan fingerprint density at radius 1 is 0.583 bits per heavy atom. The Morgan fingerprint density at radius 3 is 1.71 bits per heavy atom. The van der Waals surface area contributed by atoms with Crippen LogP contribution in [0.4, 0.5) is 8.78 Å². The highest BCUT2D eigenvalue weighted by atomic mass is 19.1. The number of halogens is 2. The minimum absolute atomic E-state index is 0.0365. The number of benzene rings is 3. The van der Waals surface area contributed by atoms with E-state index < -0.39 is 11.6 Å². The van der Waals surface area contributed by atoms with E-state index in [9.17, 15) is 18.4 Å². The maximum atomic E-state index is 14.7. The van der Waals surface area contributed by atoms with Gasteiger partial charge < -0.3 is 18.9 Å². The second kappa shape index (κ2) is 35.0. The highest BCUT2D eigenvalue weighted by Gasteiger charge is 2.51. The summed E-state index contributed by atoms with van der Waals surface area (Å²) in [6, 6.07) is 18.5. The van der Waals surface area contributed by atoms with Crippen LogP contribution in [0.15, 0.2) is 72.3 Å². The van der Waals surface area contributed by atoms with Crippen LogP contribution < -0.4 is 9.47 Å². The van der Waals surface area contributed by atoms with Crippen LogP contribution in [0.1, 0.15) is 276 Å². The van der Waals surface area contributed by atoms with Gasteiger partial charge in [-0.25, -0.2) is 13.6 Å². The van der Waals surface area contributed by atoms with Crippen LogP contribution >= 0.6 is 0 Å². The molecule has 5 saturated carbocycles. The summed E-state index contributed by atoms with van der Waals surface area (Å²) in [6.45, 7) is 17.1. The van der Waals surface area contributed by atoms with Gasteiger partial charge in [-0.1, -0.05) is 154 Å². The molecule has 0 N–H and O–H groups in total. The van der Waals surface area contributed by atoms with Gasteiger partial charge in [-0.3, -0.25) is 4.79 Å². The molecule has 0 saturated heterocycles. The third kappa shape index (κ3) is 19.9. The van der Waals surface area contributed by atoms with E-state index >= 15 is 0 Å². The predicted octanol–water partition coefficient (Wildman–Crippen LogP) is 22.0. The highest BCUT2D eigenvalue weighted by molar-refractivity contribution is 5.90. The summed E-state index contributed by atoms with van der Waals surface area (Å²) in [5.41, 5.74) is 5.21. The van der Waals surface area contributed by atoms with Gasteiger partial charge in [0.05, 0.1) is 24.9 Å². The zero-order valence-corrected chi connectivity index (χ0v) is 54.1. The first-order valence-electron chi connectivity index (χ1n) is 34.7. The number of carbonyl (C=O) groups is 2. The lowest BCUT2D eigenvalue weighted by Crippen LogP contribution is -2.42. The molecule has 0 amide bonds. The fourth-order valence-electron chi connectivity index (χ4n) is 16.6. The lowest BCUT2D eigenvalue weighted by Gasteiger charge is -2.50. The molecule has 3 aromatic rings. The van der Waals surface area contributed by atoms with Crippen LogP contribution in [0.2, 0.25) is 0 Å². The van der Waals surface area contributed by atoms with Gasteiger partial charge >= 0.3 is 11.9 Å². The van der Waals surface area contributed by atoms with Gasteiger partial charge in [-0.05, 0) is 241 Å². The Labute approximate surface area is 509 Å². The van der Waals surface area contributed by atoms with Gasteiger partial charge in [0, 0.05) is 13.3 Å². The lowest BCUT2D eigenvalue weighted by molar-refractivity contribution is -0.147. The molecule has 6 nitrogen and oxygen atoms in total. The second-order valence-corrected chi connectivity index (χ2v) is 27.5. The van der Waals surface area contributed by atoms with Gasteiger partial charge in [-0.2, -0.15) is 0 Å². The lowest BCUT2D eigenvalue weighted by atomic mass is 9.56. The number of allylic oxidation sites excluding steroid dienone is 1. The molecule has 10 unspecified atom stereocenters. The summed E-state index contributed by atoms with van der Waals surface area (Å²) >= 11 is 0. The van der Waals surface area contributed by atoms with Crippen molar-refractivity contribution in [3.8, 4) is 22.6 Å². The van der Waals surface area contributed by atoms with E-state index in [1.807, 2.05) is 62.4 Å². The van der Waals surface area contributed by atoms with E-state index in [2.05, 4.69) is 40.7 Å². The third-order valence-corrected chi connectivity index (χ3v) is 21.4. The fourth-order valence-corrected chi connectivity index (χ4v) is 16.6. The van der Waals surface area contributed by atoms with Gasteiger partial charge in [-0.15, -0.1) is 0 Å². The van der Waals surface area contributed by atoms with Crippen molar-refractivity contribution < 1.29 is 37.3 Å². The number of hydrogen-bond donors (Lipinski definition) is 0. The van der Waals surface area contributed by atoms with Crippen molar-refractivity contribution >= 4 is 11.9 Å². The largest absolute Gasteiger partial charge is 0.497 e. The smallest absolute Gasteiger partial charge is 0.338 e. The van der Waals surface area contributed by atoms with Gasteiger partial charge in [0.15, 0.2) is 17.4 Å². The molecular weight excluding hydrogens is 1050 g/mol. The van der Waals surface area contributed by atoms with Crippen LogP contribution in [0, 0.1) is 70.8 Å². The summed E-state index contributed by atoms with van der Waals surface area (Å²) < 4.78 is 51.3. The minimum atomic E-state index is -0.534. The summed E-state index contributed by atoms with van der Waals surface area (Å²) in [5.74, 6) is 8.73. The van der Waals surface area contributed by atoms with Crippen LogP contribution in [0.3, 0.4) is 0 Å². The van der Waals surface area contributed by atoms with Crippen molar-refractivity contribution in [1.82, 2.24) is 0 Å². The van der Waals surface area contributed by atoms with Crippen LogP contribution in [0.5, 0.6) is 11.5 Å². The first kappa shape index (κ1) is 67.3. The molecule has 0 spiro atoms. The number of carbonyl (C=O) groups excluding carboxylic acids is 2. The monoisotopic (exact) mass is 1160 g/mol. The molecular formula is C76H114F2O6. The molecule has 3 aromatic carbocycles. The fraction of sp³-hybridized carbons (Fsp3) is 0.711.